The van der Waals surface area contributed by atoms with E-state index >= 15 is 0 Å². The highest BCUT2D eigenvalue weighted by molar-refractivity contribution is 5.80. The summed E-state index contributed by atoms with van der Waals surface area (Å²) in [4.78, 5) is 4.76. The number of nitrogens with one attached hydrogen (secondary N) is 2. The molecule has 1 saturated carbocycles. The van der Waals surface area contributed by atoms with Crippen LogP contribution in [0.4, 0.5) is 0 Å². The normalized spacial score (nSPS) is 17.0. The first-order chi connectivity index (χ1) is 11.8. The van der Waals surface area contributed by atoms with Crippen LogP contribution in [-0.2, 0) is 6.42 Å². The second kappa shape index (κ2) is 8.57. The van der Waals surface area contributed by atoms with Crippen LogP contribution in [0.25, 0.3) is 0 Å². The number of furan rings is 1. The van der Waals surface area contributed by atoms with Crippen LogP contribution in [0.3, 0.4) is 0 Å². The molecule has 1 heterocycles. The minimum absolute atomic E-state index is 0.225. The van der Waals surface area contributed by atoms with Crippen molar-refractivity contribution >= 4 is 5.96 Å². The number of nitrogens with zero attached hydrogens (tertiary/aromatic N) is 1. The Balaban J connectivity index is 1.61. The molecule has 4 heteroatoms. The van der Waals surface area contributed by atoms with Gasteiger partial charge in [-0.2, -0.15) is 0 Å². The van der Waals surface area contributed by atoms with Crippen molar-refractivity contribution in [2.75, 3.05) is 6.54 Å². The Labute approximate surface area is 144 Å². The van der Waals surface area contributed by atoms with Gasteiger partial charge in [0.25, 0.3) is 0 Å². The van der Waals surface area contributed by atoms with Crippen molar-refractivity contribution in [2.24, 2.45) is 4.99 Å². The molecule has 2 N–H and O–H groups in total. The lowest BCUT2D eigenvalue weighted by atomic mass is 10.1. The smallest absolute Gasteiger partial charge is 0.191 e. The van der Waals surface area contributed by atoms with E-state index in [1.165, 1.54) is 31.2 Å². The molecular formula is C20H27N3O. The van der Waals surface area contributed by atoms with Crippen LogP contribution in [0.5, 0.6) is 0 Å². The van der Waals surface area contributed by atoms with E-state index in [0.29, 0.717) is 6.04 Å². The highest BCUT2D eigenvalue weighted by atomic mass is 16.3. The Hall–Kier alpha value is -2.23. The quantitative estimate of drug-likeness (QED) is 0.622. The van der Waals surface area contributed by atoms with Gasteiger partial charge in [-0.05, 0) is 37.5 Å². The lowest BCUT2D eigenvalue weighted by Gasteiger charge is -2.21. The Morgan fingerprint density at radius 3 is 2.67 bits per heavy atom. The summed E-state index contributed by atoms with van der Waals surface area (Å²) in [5.74, 6) is 1.89. The van der Waals surface area contributed by atoms with Crippen LogP contribution in [0.2, 0.25) is 0 Å². The van der Waals surface area contributed by atoms with Gasteiger partial charge in [-0.3, -0.25) is 4.99 Å². The summed E-state index contributed by atoms with van der Waals surface area (Å²) >= 11 is 0. The average molecular weight is 325 g/mol. The third kappa shape index (κ3) is 4.88. The van der Waals surface area contributed by atoms with Crippen molar-refractivity contribution in [2.45, 2.75) is 51.1 Å². The van der Waals surface area contributed by atoms with E-state index in [1.54, 1.807) is 6.26 Å². The van der Waals surface area contributed by atoms with Crippen molar-refractivity contribution in [3.05, 3.63) is 60.1 Å². The Bertz CT molecular complexity index is 616. The summed E-state index contributed by atoms with van der Waals surface area (Å²) < 4.78 is 5.39. The fraction of sp³-hybridized carbons (Fsp3) is 0.450. The van der Waals surface area contributed by atoms with Gasteiger partial charge in [0.1, 0.15) is 5.76 Å². The summed E-state index contributed by atoms with van der Waals surface area (Å²) in [5, 5.41) is 7.15. The van der Waals surface area contributed by atoms with Crippen molar-refractivity contribution in [3.63, 3.8) is 0 Å². The van der Waals surface area contributed by atoms with Crippen LogP contribution < -0.4 is 10.6 Å². The van der Waals surface area contributed by atoms with E-state index in [9.17, 15) is 0 Å². The van der Waals surface area contributed by atoms with Gasteiger partial charge in [-0.1, -0.05) is 43.2 Å². The first-order valence-corrected chi connectivity index (χ1v) is 8.96. The molecule has 0 amide bonds. The van der Waals surface area contributed by atoms with Crippen LogP contribution in [0.1, 0.15) is 50.0 Å². The molecule has 1 aromatic heterocycles. The van der Waals surface area contributed by atoms with Gasteiger partial charge in [-0.15, -0.1) is 0 Å². The van der Waals surface area contributed by atoms with Gasteiger partial charge in [-0.25, -0.2) is 0 Å². The summed E-state index contributed by atoms with van der Waals surface area (Å²) in [6, 6.07) is 15.2. The van der Waals surface area contributed by atoms with Gasteiger partial charge in [0.15, 0.2) is 5.96 Å². The topological polar surface area (TPSA) is 49.6 Å². The van der Waals surface area contributed by atoms with Crippen LogP contribution >= 0.6 is 0 Å². The molecule has 0 radical (unpaired) electrons. The molecule has 1 unspecified atom stereocenters. The number of hydrogen-bond donors (Lipinski definition) is 2. The predicted octanol–water partition coefficient (Wildman–Crippen LogP) is 4.06. The van der Waals surface area contributed by atoms with Gasteiger partial charge in [0.05, 0.1) is 12.3 Å². The molecule has 0 spiro atoms. The minimum Gasteiger partial charge on any atom is -0.469 e. The lowest BCUT2D eigenvalue weighted by molar-refractivity contribution is 0.510. The summed E-state index contributed by atoms with van der Waals surface area (Å²) in [6.07, 6.45) is 7.63. The monoisotopic (exact) mass is 325 g/mol. The standard InChI is InChI=1S/C20H27N3O/c1-16(17-8-3-2-4-9-17)22-20(23-18-10-5-6-11-18)21-14-13-19-12-7-15-24-19/h2-4,7-9,12,15-16,18H,5-6,10-11,13-14H2,1H3,(H2,21,22,23). The second-order valence-corrected chi connectivity index (χ2v) is 6.46. The fourth-order valence-electron chi connectivity index (χ4n) is 3.16. The predicted molar refractivity (Wildman–Crippen MR) is 98.1 cm³/mol. The molecule has 1 atom stereocenters. The van der Waals surface area contributed by atoms with Crippen molar-refractivity contribution < 1.29 is 4.42 Å². The molecule has 0 saturated heterocycles. The molecule has 0 bridgehead atoms. The number of rotatable bonds is 6. The Morgan fingerprint density at radius 1 is 1.17 bits per heavy atom. The van der Waals surface area contributed by atoms with Gasteiger partial charge in [0, 0.05) is 19.0 Å². The average Bonchev–Trinajstić information content (AvgIpc) is 3.29. The molecule has 128 valence electrons. The lowest BCUT2D eigenvalue weighted by Crippen LogP contribution is -2.43. The molecule has 0 aliphatic heterocycles. The minimum atomic E-state index is 0.225. The largest absolute Gasteiger partial charge is 0.469 e. The van der Waals surface area contributed by atoms with E-state index in [2.05, 4.69) is 41.8 Å². The zero-order chi connectivity index (χ0) is 16.6. The van der Waals surface area contributed by atoms with Crippen molar-refractivity contribution in [3.8, 4) is 0 Å². The number of benzene rings is 1. The van der Waals surface area contributed by atoms with Gasteiger partial charge >= 0.3 is 0 Å². The second-order valence-electron chi connectivity index (χ2n) is 6.46. The van der Waals surface area contributed by atoms with Gasteiger partial charge in [0.2, 0.25) is 0 Å². The van der Waals surface area contributed by atoms with Crippen LogP contribution in [0.15, 0.2) is 58.1 Å². The summed E-state index contributed by atoms with van der Waals surface area (Å²) in [5.41, 5.74) is 1.27. The maximum atomic E-state index is 5.39. The number of guanidine groups is 1. The Morgan fingerprint density at radius 2 is 1.96 bits per heavy atom. The molecule has 1 aromatic carbocycles. The number of hydrogen-bond acceptors (Lipinski definition) is 2. The van der Waals surface area contributed by atoms with E-state index in [1.807, 2.05) is 18.2 Å². The van der Waals surface area contributed by atoms with E-state index in [4.69, 9.17) is 9.41 Å². The molecule has 3 rings (SSSR count). The van der Waals surface area contributed by atoms with Crippen LogP contribution in [-0.4, -0.2) is 18.5 Å². The zero-order valence-corrected chi connectivity index (χ0v) is 14.4. The third-order valence-electron chi connectivity index (χ3n) is 4.56. The Kier molecular flexibility index (Phi) is 5.94. The van der Waals surface area contributed by atoms with Crippen LogP contribution in [0, 0.1) is 0 Å². The maximum Gasteiger partial charge on any atom is 0.191 e. The highest BCUT2D eigenvalue weighted by Crippen LogP contribution is 2.18. The molecule has 1 fully saturated rings. The highest BCUT2D eigenvalue weighted by Gasteiger charge is 2.17. The third-order valence-corrected chi connectivity index (χ3v) is 4.56. The molecule has 4 nitrogen and oxygen atoms in total. The molecule has 24 heavy (non-hydrogen) atoms. The molecular weight excluding hydrogens is 298 g/mol. The first-order valence-electron chi connectivity index (χ1n) is 8.96. The van der Waals surface area contributed by atoms with Crippen molar-refractivity contribution in [1.82, 2.24) is 10.6 Å². The molecule has 1 aliphatic rings. The number of aliphatic imine (C=N–C) groups is 1. The first kappa shape index (κ1) is 16.6. The molecule has 1 aliphatic carbocycles. The summed E-state index contributed by atoms with van der Waals surface area (Å²) in [6.45, 7) is 2.89. The maximum absolute atomic E-state index is 5.39. The fourth-order valence-corrected chi connectivity index (χ4v) is 3.16. The molecule has 2 aromatic rings. The zero-order valence-electron chi connectivity index (χ0n) is 14.4. The van der Waals surface area contributed by atoms with Gasteiger partial charge < -0.3 is 15.1 Å². The SMILES string of the molecule is CC(NC(=NCCc1ccco1)NC1CCCC1)c1ccccc1. The summed E-state index contributed by atoms with van der Waals surface area (Å²) in [7, 11) is 0. The van der Waals surface area contributed by atoms with E-state index in [0.717, 1.165) is 24.7 Å². The van der Waals surface area contributed by atoms with E-state index < -0.39 is 0 Å². The van der Waals surface area contributed by atoms with E-state index in [-0.39, 0.29) is 6.04 Å². The van der Waals surface area contributed by atoms with Crippen molar-refractivity contribution in [1.29, 1.82) is 0 Å².